The Hall–Kier alpha value is -0.510. The summed E-state index contributed by atoms with van der Waals surface area (Å²) < 4.78 is 0. The average Bonchev–Trinajstić information content (AvgIpc) is 2.94. The highest BCUT2D eigenvalue weighted by Crippen LogP contribution is 2.23. The molecule has 1 aliphatic heterocycles. The van der Waals surface area contributed by atoms with Crippen molar-refractivity contribution >= 4 is 11.8 Å². The van der Waals surface area contributed by atoms with Gasteiger partial charge in [-0.15, -0.1) is 0 Å². The molecule has 0 aliphatic carbocycles. The van der Waals surface area contributed by atoms with Crippen LogP contribution < -0.4 is 5.32 Å². The van der Waals surface area contributed by atoms with Crippen LogP contribution in [0.25, 0.3) is 0 Å². The van der Waals surface area contributed by atoms with E-state index in [4.69, 9.17) is 0 Å². The van der Waals surface area contributed by atoms with Crippen LogP contribution >= 0.6 is 11.8 Å². The summed E-state index contributed by atoms with van der Waals surface area (Å²) in [4.78, 5) is 2.54. The van der Waals surface area contributed by atoms with Crippen LogP contribution in [0, 0.1) is 0 Å². The third-order valence-electron chi connectivity index (χ3n) is 3.85. The SMILES string of the molecule is CNC(CCN(C)C1CCSC1)c1ccccc1. The maximum atomic E-state index is 3.43. The zero-order valence-corrected chi connectivity index (χ0v) is 12.2. The van der Waals surface area contributed by atoms with Gasteiger partial charge < -0.3 is 10.2 Å². The van der Waals surface area contributed by atoms with E-state index in [1.165, 1.54) is 36.5 Å². The standard InChI is InChI=1S/C15H24N2S/c1-16-15(13-6-4-3-5-7-13)8-10-17(2)14-9-11-18-12-14/h3-7,14-16H,8-12H2,1-2H3. The summed E-state index contributed by atoms with van der Waals surface area (Å²) >= 11 is 2.09. The summed E-state index contributed by atoms with van der Waals surface area (Å²) in [5, 5.41) is 3.43. The predicted molar refractivity (Wildman–Crippen MR) is 81.2 cm³/mol. The molecule has 0 aromatic heterocycles. The van der Waals surface area contributed by atoms with Gasteiger partial charge in [0.25, 0.3) is 0 Å². The Bertz CT molecular complexity index is 336. The lowest BCUT2D eigenvalue weighted by atomic mass is 10.0. The molecule has 2 nitrogen and oxygen atoms in total. The lowest BCUT2D eigenvalue weighted by molar-refractivity contribution is 0.248. The smallest absolute Gasteiger partial charge is 0.0329 e. The molecule has 1 heterocycles. The number of nitrogens with zero attached hydrogens (tertiary/aromatic N) is 1. The maximum absolute atomic E-state index is 3.43. The molecule has 2 atom stereocenters. The molecule has 0 radical (unpaired) electrons. The number of hydrogen-bond donors (Lipinski definition) is 1. The van der Waals surface area contributed by atoms with Crippen LogP contribution in [0.5, 0.6) is 0 Å². The highest BCUT2D eigenvalue weighted by Gasteiger charge is 2.20. The summed E-state index contributed by atoms with van der Waals surface area (Å²) in [6.45, 7) is 1.17. The van der Waals surface area contributed by atoms with E-state index in [0.29, 0.717) is 6.04 Å². The van der Waals surface area contributed by atoms with E-state index in [1.807, 2.05) is 0 Å². The van der Waals surface area contributed by atoms with Gasteiger partial charge in [0.15, 0.2) is 0 Å². The van der Waals surface area contributed by atoms with Gasteiger partial charge in [0.2, 0.25) is 0 Å². The van der Waals surface area contributed by atoms with E-state index >= 15 is 0 Å². The molecule has 3 heteroatoms. The fourth-order valence-corrected chi connectivity index (χ4v) is 3.85. The van der Waals surface area contributed by atoms with Crippen molar-refractivity contribution in [3.63, 3.8) is 0 Å². The van der Waals surface area contributed by atoms with Crippen LogP contribution in [0.2, 0.25) is 0 Å². The van der Waals surface area contributed by atoms with Gasteiger partial charge in [-0.2, -0.15) is 11.8 Å². The summed E-state index contributed by atoms with van der Waals surface area (Å²) in [6, 6.07) is 12.0. The second-order valence-corrected chi connectivity index (χ2v) is 6.19. The largest absolute Gasteiger partial charge is 0.313 e. The molecule has 1 saturated heterocycles. The molecule has 2 unspecified atom stereocenters. The van der Waals surface area contributed by atoms with Crippen molar-refractivity contribution in [1.82, 2.24) is 10.2 Å². The summed E-state index contributed by atoms with van der Waals surface area (Å²) in [5.74, 6) is 2.65. The first-order valence-corrected chi connectivity index (χ1v) is 7.97. The number of benzene rings is 1. The summed E-state index contributed by atoms with van der Waals surface area (Å²) in [7, 11) is 4.33. The predicted octanol–water partition coefficient (Wildman–Crippen LogP) is 2.77. The Labute approximate surface area is 115 Å². The average molecular weight is 264 g/mol. The van der Waals surface area contributed by atoms with Gasteiger partial charge >= 0.3 is 0 Å². The molecule has 0 spiro atoms. The third-order valence-corrected chi connectivity index (χ3v) is 4.99. The molecule has 2 rings (SSSR count). The maximum Gasteiger partial charge on any atom is 0.0329 e. The summed E-state index contributed by atoms with van der Waals surface area (Å²) in [6.07, 6.45) is 2.54. The Kier molecular flexibility index (Phi) is 5.54. The van der Waals surface area contributed by atoms with E-state index in [0.717, 1.165) is 6.04 Å². The molecule has 0 amide bonds. The van der Waals surface area contributed by atoms with E-state index in [1.54, 1.807) is 0 Å². The van der Waals surface area contributed by atoms with Crippen molar-refractivity contribution < 1.29 is 0 Å². The Morgan fingerprint density at radius 1 is 1.39 bits per heavy atom. The van der Waals surface area contributed by atoms with Crippen molar-refractivity contribution in [2.75, 3.05) is 32.1 Å². The molecule has 1 fully saturated rings. The fraction of sp³-hybridized carbons (Fsp3) is 0.600. The van der Waals surface area contributed by atoms with Crippen molar-refractivity contribution in [2.45, 2.75) is 24.9 Å². The summed E-state index contributed by atoms with van der Waals surface area (Å²) in [5.41, 5.74) is 1.40. The van der Waals surface area contributed by atoms with E-state index < -0.39 is 0 Å². The van der Waals surface area contributed by atoms with Gasteiger partial charge in [-0.1, -0.05) is 30.3 Å². The topological polar surface area (TPSA) is 15.3 Å². The molecular formula is C15H24N2S. The molecule has 1 aromatic carbocycles. The van der Waals surface area contributed by atoms with Crippen LogP contribution in [-0.2, 0) is 0 Å². The minimum Gasteiger partial charge on any atom is -0.313 e. The lowest BCUT2D eigenvalue weighted by Gasteiger charge is -2.26. The molecule has 0 saturated carbocycles. The first-order chi connectivity index (χ1) is 8.81. The van der Waals surface area contributed by atoms with E-state index in [-0.39, 0.29) is 0 Å². The van der Waals surface area contributed by atoms with Gasteiger partial charge in [0.05, 0.1) is 0 Å². The quantitative estimate of drug-likeness (QED) is 0.850. The monoisotopic (exact) mass is 264 g/mol. The van der Waals surface area contributed by atoms with Crippen molar-refractivity contribution in [2.24, 2.45) is 0 Å². The Morgan fingerprint density at radius 2 is 2.17 bits per heavy atom. The highest BCUT2D eigenvalue weighted by atomic mass is 32.2. The first-order valence-electron chi connectivity index (χ1n) is 6.81. The molecule has 1 N–H and O–H groups in total. The van der Waals surface area contributed by atoms with Crippen molar-refractivity contribution in [1.29, 1.82) is 0 Å². The van der Waals surface area contributed by atoms with Gasteiger partial charge in [-0.3, -0.25) is 0 Å². The Morgan fingerprint density at radius 3 is 2.78 bits per heavy atom. The normalized spacial score (nSPS) is 21.4. The van der Waals surface area contributed by atoms with Crippen molar-refractivity contribution in [3.05, 3.63) is 35.9 Å². The van der Waals surface area contributed by atoms with E-state index in [9.17, 15) is 0 Å². The first kappa shape index (κ1) is 13.9. The fourth-order valence-electron chi connectivity index (χ4n) is 2.55. The molecule has 1 aliphatic rings. The van der Waals surface area contributed by atoms with Crippen LogP contribution in [0.15, 0.2) is 30.3 Å². The second kappa shape index (κ2) is 7.17. The number of rotatable bonds is 6. The van der Waals surface area contributed by atoms with E-state index in [2.05, 4.69) is 66.4 Å². The minimum atomic E-state index is 0.475. The molecule has 18 heavy (non-hydrogen) atoms. The second-order valence-electron chi connectivity index (χ2n) is 5.04. The van der Waals surface area contributed by atoms with Crippen molar-refractivity contribution in [3.8, 4) is 0 Å². The van der Waals surface area contributed by atoms with Gasteiger partial charge in [-0.05, 0) is 44.8 Å². The highest BCUT2D eigenvalue weighted by molar-refractivity contribution is 7.99. The third kappa shape index (κ3) is 3.74. The zero-order valence-electron chi connectivity index (χ0n) is 11.4. The Balaban J connectivity index is 1.83. The van der Waals surface area contributed by atoms with Gasteiger partial charge in [-0.25, -0.2) is 0 Å². The zero-order chi connectivity index (χ0) is 12.8. The lowest BCUT2D eigenvalue weighted by Crippen LogP contribution is -2.34. The van der Waals surface area contributed by atoms with Crippen LogP contribution in [0.1, 0.15) is 24.4 Å². The van der Waals surface area contributed by atoms with Crippen LogP contribution in [-0.4, -0.2) is 43.1 Å². The molecule has 0 bridgehead atoms. The minimum absolute atomic E-state index is 0.475. The number of nitrogens with one attached hydrogen (secondary N) is 1. The van der Waals surface area contributed by atoms with Crippen LogP contribution in [0.4, 0.5) is 0 Å². The number of thioether (sulfide) groups is 1. The molecule has 1 aromatic rings. The van der Waals surface area contributed by atoms with Gasteiger partial charge in [0.1, 0.15) is 0 Å². The van der Waals surface area contributed by atoms with Gasteiger partial charge in [0, 0.05) is 17.8 Å². The molecular weight excluding hydrogens is 240 g/mol. The molecule has 100 valence electrons. The van der Waals surface area contributed by atoms with Crippen LogP contribution in [0.3, 0.4) is 0 Å². The number of hydrogen-bond acceptors (Lipinski definition) is 3.